The molecule has 1 heterocycles. The molecule has 0 aliphatic rings. The maximum atomic E-state index is 13.3. The molecule has 0 bridgehead atoms. The van der Waals surface area contributed by atoms with E-state index in [-0.39, 0.29) is 4.77 Å². The molecule has 1 aromatic carbocycles. The van der Waals surface area contributed by atoms with Crippen LogP contribution in [0.4, 0.5) is 13.2 Å². The van der Waals surface area contributed by atoms with Crippen molar-refractivity contribution in [3.05, 3.63) is 40.4 Å². The van der Waals surface area contributed by atoms with E-state index < -0.39 is 20.1 Å². The Morgan fingerprint density at radius 2 is 1.78 bits per heavy atom. The van der Waals surface area contributed by atoms with Gasteiger partial charge in [-0.3, -0.25) is 4.57 Å². The van der Waals surface area contributed by atoms with E-state index in [1.165, 1.54) is 7.05 Å². The first-order valence-electron chi connectivity index (χ1n) is 6.86. The Morgan fingerprint density at radius 1 is 1.17 bits per heavy atom. The van der Waals surface area contributed by atoms with Crippen LogP contribution in [0, 0.1) is 16.2 Å². The highest BCUT2D eigenvalue weighted by atomic mass is 32.1. The number of halogens is 3. The maximum Gasteiger partial charge on any atom is 0.452 e. The number of benzene rings is 1. The van der Waals surface area contributed by atoms with Gasteiger partial charge in [-0.15, -0.1) is 10.6 Å². The number of para-hydroxylation sites is 1. The second-order valence-electron chi connectivity index (χ2n) is 6.08. The predicted molar refractivity (Wildman–Crippen MR) is 88.6 cm³/mol. The second-order valence-corrected chi connectivity index (χ2v) is 11.2. The molecule has 1 aromatic heterocycles. The van der Waals surface area contributed by atoms with Crippen LogP contribution in [0.2, 0.25) is 19.6 Å². The molecule has 0 N–H and O–H groups in total. The molecule has 0 radical (unpaired) electrons. The zero-order valence-corrected chi connectivity index (χ0v) is 15.0. The van der Waals surface area contributed by atoms with Crippen LogP contribution in [0.15, 0.2) is 24.3 Å². The van der Waals surface area contributed by atoms with Gasteiger partial charge in [0.15, 0.2) is 0 Å². The molecule has 8 heteroatoms. The van der Waals surface area contributed by atoms with Gasteiger partial charge in [-0.1, -0.05) is 37.7 Å². The number of aromatic nitrogens is 3. The quantitative estimate of drug-likeness (QED) is 0.435. The van der Waals surface area contributed by atoms with Crippen LogP contribution in [-0.4, -0.2) is 22.4 Å². The second kappa shape index (κ2) is 5.98. The first-order valence-corrected chi connectivity index (χ1v) is 10.8. The number of nitrogens with zero attached hydrogens (tertiary/aromatic N) is 3. The highest BCUT2D eigenvalue weighted by Crippen LogP contribution is 2.30. The molecule has 0 aliphatic heterocycles. The Kier molecular flexibility index (Phi) is 4.55. The minimum absolute atomic E-state index is 0.0282. The van der Waals surface area contributed by atoms with E-state index in [0.717, 1.165) is 9.25 Å². The number of hydrogen-bond acceptors (Lipinski definition) is 2. The highest BCUT2D eigenvalue weighted by molar-refractivity contribution is 7.71. The third kappa shape index (κ3) is 3.92. The average Bonchev–Trinajstić information content (AvgIpc) is 2.72. The SMILES string of the molecule is Cn1nc(C(F)(F)F)n(-c2ccccc2C#C[Si](C)(C)C)c1=S. The van der Waals surface area contributed by atoms with Crippen molar-refractivity contribution in [3.63, 3.8) is 0 Å². The number of aryl methyl sites for hydroxylation is 1. The van der Waals surface area contributed by atoms with Gasteiger partial charge in [0.25, 0.3) is 0 Å². The Morgan fingerprint density at radius 3 is 2.35 bits per heavy atom. The van der Waals surface area contributed by atoms with Gasteiger partial charge in [-0.2, -0.15) is 13.2 Å². The summed E-state index contributed by atoms with van der Waals surface area (Å²) in [7, 11) is -0.269. The number of alkyl halides is 3. The molecule has 0 atom stereocenters. The summed E-state index contributed by atoms with van der Waals surface area (Å²) < 4.78 is 41.7. The Balaban J connectivity index is 2.74. The van der Waals surface area contributed by atoms with Crippen LogP contribution in [0.3, 0.4) is 0 Å². The van der Waals surface area contributed by atoms with Gasteiger partial charge < -0.3 is 0 Å². The first kappa shape index (κ1) is 17.5. The monoisotopic (exact) mass is 355 g/mol. The van der Waals surface area contributed by atoms with Crippen molar-refractivity contribution in [2.24, 2.45) is 7.05 Å². The number of rotatable bonds is 1. The fraction of sp³-hybridized carbons (Fsp3) is 0.333. The summed E-state index contributed by atoms with van der Waals surface area (Å²) in [4.78, 5) is 0. The third-order valence-corrected chi connectivity index (χ3v) is 4.22. The fourth-order valence-corrected chi connectivity index (χ4v) is 2.63. The van der Waals surface area contributed by atoms with Gasteiger partial charge in [0.2, 0.25) is 10.6 Å². The van der Waals surface area contributed by atoms with Crippen molar-refractivity contribution in [2.45, 2.75) is 25.8 Å². The molecule has 0 aliphatic carbocycles. The standard InChI is InChI=1S/C15H16F3N3SSi/c1-20-14(22)21(13(19-20)15(16,17)18)12-8-6-5-7-11(12)9-10-23(2,3)4/h5-8H,1-4H3. The molecule has 0 saturated carbocycles. The molecule has 3 nitrogen and oxygen atoms in total. The average molecular weight is 355 g/mol. The van der Waals surface area contributed by atoms with E-state index in [4.69, 9.17) is 12.2 Å². The molecule has 0 unspecified atom stereocenters. The zero-order chi connectivity index (χ0) is 17.4. The highest BCUT2D eigenvalue weighted by Gasteiger charge is 2.38. The molecule has 2 aromatic rings. The van der Waals surface area contributed by atoms with Gasteiger partial charge in [0, 0.05) is 12.6 Å². The molecule has 2 rings (SSSR count). The lowest BCUT2D eigenvalue weighted by Crippen LogP contribution is -2.17. The molecule has 122 valence electrons. The molecular formula is C15H16F3N3SSi. The largest absolute Gasteiger partial charge is 0.452 e. The van der Waals surface area contributed by atoms with Crippen LogP contribution < -0.4 is 0 Å². The predicted octanol–water partition coefficient (Wildman–Crippen LogP) is 4.19. The minimum Gasteiger partial charge on any atom is -0.263 e. The van der Waals surface area contributed by atoms with Gasteiger partial charge in [0.1, 0.15) is 8.07 Å². The van der Waals surface area contributed by atoms with E-state index in [2.05, 4.69) is 36.2 Å². The normalized spacial score (nSPS) is 12.0. The van der Waals surface area contributed by atoms with E-state index in [1.54, 1.807) is 24.3 Å². The van der Waals surface area contributed by atoms with E-state index in [9.17, 15) is 13.2 Å². The van der Waals surface area contributed by atoms with Crippen LogP contribution in [0.5, 0.6) is 0 Å². The molecule has 0 spiro atoms. The molecule has 23 heavy (non-hydrogen) atoms. The summed E-state index contributed by atoms with van der Waals surface area (Å²) in [6, 6.07) is 6.66. The summed E-state index contributed by atoms with van der Waals surface area (Å²) in [6.45, 7) is 6.21. The van der Waals surface area contributed by atoms with Crippen molar-refractivity contribution >= 4 is 20.3 Å². The topological polar surface area (TPSA) is 22.8 Å². The Labute approximate surface area is 138 Å². The smallest absolute Gasteiger partial charge is 0.263 e. The summed E-state index contributed by atoms with van der Waals surface area (Å²) in [5.74, 6) is 1.96. The molecule has 0 saturated heterocycles. The van der Waals surface area contributed by atoms with Gasteiger partial charge in [-0.05, 0) is 24.4 Å². The lowest BCUT2D eigenvalue weighted by molar-refractivity contribution is -0.146. The minimum atomic E-state index is -4.60. The van der Waals surface area contributed by atoms with Gasteiger partial charge in [-0.25, -0.2) is 4.68 Å². The summed E-state index contributed by atoms with van der Waals surface area (Å²) in [5.41, 5.74) is 3.97. The molecular weight excluding hydrogens is 339 g/mol. The third-order valence-electron chi connectivity index (χ3n) is 2.90. The van der Waals surface area contributed by atoms with Crippen LogP contribution in [-0.2, 0) is 13.2 Å². The van der Waals surface area contributed by atoms with E-state index in [0.29, 0.717) is 11.3 Å². The van der Waals surface area contributed by atoms with Gasteiger partial charge >= 0.3 is 6.18 Å². The van der Waals surface area contributed by atoms with Crippen LogP contribution in [0.25, 0.3) is 5.69 Å². The van der Waals surface area contributed by atoms with Crippen molar-refractivity contribution < 1.29 is 13.2 Å². The lowest BCUT2D eigenvalue weighted by Gasteiger charge is -2.11. The Hall–Kier alpha value is -1.85. The van der Waals surface area contributed by atoms with Crippen molar-refractivity contribution in [1.82, 2.24) is 14.3 Å². The molecule has 0 fully saturated rings. The van der Waals surface area contributed by atoms with Crippen LogP contribution in [0.1, 0.15) is 11.4 Å². The summed E-state index contributed by atoms with van der Waals surface area (Å²) in [5, 5.41) is 3.52. The Bertz CT molecular complexity index is 848. The fourth-order valence-electron chi connectivity index (χ4n) is 1.89. The van der Waals surface area contributed by atoms with Crippen LogP contribution >= 0.6 is 12.2 Å². The summed E-state index contributed by atoms with van der Waals surface area (Å²) in [6.07, 6.45) is -4.60. The van der Waals surface area contributed by atoms with Gasteiger partial charge in [0.05, 0.1) is 5.69 Å². The van der Waals surface area contributed by atoms with Crippen molar-refractivity contribution in [3.8, 4) is 17.2 Å². The lowest BCUT2D eigenvalue weighted by atomic mass is 10.2. The number of hydrogen-bond donors (Lipinski definition) is 0. The van der Waals surface area contributed by atoms with Crippen molar-refractivity contribution in [1.29, 1.82) is 0 Å². The summed E-state index contributed by atoms with van der Waals surface area (Å²) >= 11 is 5.11. The van der Waals surface area contributed by atoms with Crippen molar-refractivity contribution in [2.75, 3.05) is 0 Å². The zero-order valence-electron chi connectivity index (χ0n) is 13.2. The van der Waals surface area contributed by atoms with E-state index in [1.807, 2.05) is 0 Å². The first-order chi connectivity index (χ1) is 10.5. The van der Waals surface area contributed by atoms with E-state index >= 15 is 0 Å². The maximum absolute atomic E-state index is 13.3. The molecule has 0 amide bonds.